The molecule has 4 rings (SSSR count). The number of aliphatic carboxylic acids is 1. The van der Waals surface area contributed by atoms with E-state index in [9.17, 15) is 18.0 Å². The highest BCUT2D eigenvalue weighted by Crippen LogP contribution is 2.34. The summed E-state index contributed by atoms with van der Waals surface area (Å²) in [6.45, 7) is 1.55. The van der Waals surface area contributed by atoms with Crippen LogP contribution >= 0.6 is 0 Å². The third kappa shape index (κ3) is 6.64. The smallest absolute Gasteiger partial charge is 0.416 e. The van der Waals surface area contributed by atoms with Crippen molar-refractivity contribution in [1.29, 1.82) is 0 Å². The van der Waals surface area contributed by atoms with Gasteiger partial charge in [-0.15, -0.1) is 0 Å². The molecule has 0 unspecified atom stereocenters. The normalized spacial score (nSPS) is 11.2. The van der Waals surface area contributed by atoms with Gasteiger partial charge in [0.25, 0.3) is 0 Å². The van der Waals surface area contributed by atoms with E-state index in [1.165, 1.54) is 12.1 Å². The molecular formula is C30H25F3O5. The fourth-order valence-corrected chi connectivity index (χ4v) is 3.92. The first-order chi connectivity index (χ1) is 18.1. The van der Waals surface area contributed by atoms with Crippen LogP contribution in [0.25, 0.3) is 22.3 Å². The molecule has 38 heavy (non-hydrogen) atoms. The average molecular weight is 523 g/mol. The first-order valence-corrected chi connectivity index (χ1v) is 11.7. The minimum atomic E-state index is -4.41. The van der Waals surface area contributed by atoms with Crippen LogP contribution in [-0.2, 0) is 17.6 Å². The van der Waals surface area contributed by atoms with E-state index in [0.29, 0.717) is 22.8 Å². The molecule has 0 radical (unpaired) electrons. The number of ether oxygens (including phenoxy) is 3. The van der Waals surface area contributed by atoms with Gasteiger partial charge in [0.15, 0.2) is 6.61 Å². The predicted octanol–water partition coefficient (Wildman–Crippen LogP) is 7.40. The highest BCUT2D eigenvalue weighted by Gasteiger charge is 2.30. The first-order valence-electron chi connectivity index (χ1n) is 11.7. The van der Waals surface area contributed by atoms with Gasteiger partial charge in [-0.1, -0.05) is 24.3 Å². The highest BCUT2D eigenvalue weighted by molar-refractivity contribution is 5.74. The fourth-order valence-electron chi connectivity index (χ4n) is 3.92. The molecule has 4 aromatic carbocycles. The molecule has 0 bridgehead atoms. The number of benzene rings is 4. The van der Waals surface area contributed by atoms with E-state index in [1.807, 2.05) is 42.5 Å². The lowest BCUT2D eigenvalue weighted by atomic mass is 9.95. The van der Waals surface area contributed by atoms with Crippen molar-refractivity contribution in [2.75, 3.05) is 13.7 Å². The van der Waals surface area contributed by atoms with E-state index >= 15 is 0 Å². The Kier molecular flexibility index (Phi) is 7.90. The monoisotopic (exact) mass is 522 g/mol. The van der Waals surface area contributed by atoms with Crippen LogP contribution in [0, 0.1) is 6.92 Å². The Labute approximate surface area is 218 Å². The zero-order valence-corrected chi connectivity index (χ0v) is 20.7. The van der Waals surface area contributed by atoms with Crippen LogP contribution in [0.5, 0.6) is 17.2 Å². The lowest BCUT2D eigenvalue weighted by Crippen LogP contribution is -2.10. The third-order valence-corrected chi connectivity index (χ3v) is 5.86. The fraction of sp³-hybridized carbons (Fsp3) is 0.167. The van der Waals surface area contributed by atoms with Crippen LogP contribution in [0.4, 0.5) is 13.2 Å². The van der Waals surface area contributed by atoms with Crippen molar-refractivity contribution in [2.24, 2.45) is 0 Å². The third-order valence-electron chi connectivity index (χ3n) is 5.86. The summed E-state index contributed by atoms with van der Waals surface area (Å²) in [5, 5.41) is 8.81. The quantitative estimate of drug-likeness (QED) is 0.248. The number of carboxylic acid groups (broad SMARTS) is 1. The summed E-state index contributed by atoms with van der Waals surface area (Å²) in [6.07, 6.45) is -4.41. The van der Waals surface area contributed by atoms with Crippen LogP contribution in [0.2, 0.25) is 0 Å². The second-order valence-electron chi connectivity index (χ2n) is 8.62. The molecule has 196 valence electrons. The van der Waals surface area contributed by atoms with E-state index in [-0.39, 0.29) is 6.61 Å². The Morgan fingerprint density at radius 2 is 1.34 bits per heavy atom. The van der Waals surface area contributed by atoms with Gasteiger partial charge in [-0.25, -0.2) is 4.79 Å². The predicted molar refractivity (Wildman–Crippen MR) is 138 cm³/mol. The number of hydrogen-bond acceptors (Lipinski definition) is 4. The number of alkyl halides is 3. The Morgan fingerprint density at radius 3 is 1.87 bits per heavy atom. The molecule has 0 atom stereocenters. The zero-order valence-electron chi connectivity index (χ0n) is 20.7. The zero-order chi connectivity index (χ0) is 27.3. The Morgan fingerprint density at radius 1 is 0.763 bits per heavy atom. The van der Waals surface area contributed by atoms with Crippen molar-refractivity contribution in [3.05, 3.63) is 102 Å². The van der Waals surface area contributed by atoms with Crippen LogP contribution in [-0.4, -0.2) is 24.8 Å². The second kappa shape index (κ2) is 11.3. The summed E-state index contributed by atoms with van der Waals surface area (Å²) in [4.78, 5) is 10.8. The van der Waals surface area contributed by atoms with E-state index in [4.69, 9.17) is 19.3 Å². The summed E-state index contributed by atoms with van der Waals surface area (Å²) < 4.78 is 55.7. The molecule has 0 saturated carbocycles. The lowest BCUT2D eigenvalue weighted by molar-refractivity contribution is -0.139. The van der Waals surface area contributed by atoms with Crippen molar-refractivity contribution in [2.45, 2.75) is 19.7 Å². The van der Waals surface area contributed by atoms with Crippen LogP contribution in [0.1, 0.15) is 16.7 Å². The van der Waals surface area contributed by atoms with Crippen molar-refractivity contribution >= 4 is 5.97 Å². The minimum absolute atomic E-state index is 0.201. The van der Waals surface area contributed by atoms with Crippen molar-refractivity contribution in [3.8, 4) is 39.5 Å². The Hall–Kier alpha value is -4.46. The van der Waals surface area contributed by atoms with Crippen molar-refractivity contribution in [1.82, 2.24) is 0 Å². The van der Waals surface area contributed by atoms with Gasteiger partial charge in [-0.3, -0.25) is 0 Å². The van der Waals surface area contributed by atoms with Gasteiger partial charge < -0.3 is 19.3 Å². The molecule has 0 fully saturated rings. The molecule has 0 amide bonds. The highest BCUT2D eigenvalue weighted by atomic mass is 19.4. The number of carbonyl (C=O) groups is 1. The van der Waals surface area contributed by atoms with E-state index in [1.54, 1.807) is 32.2 Å². The molecule has 4 aromatic rings. The summed E-state index contributed by atoms with van der Waals surface area (Å²) in [5.41, 5.74) is 4.01. The first kappa shape index (κ1) is 26.6. The number of carboxylic acids is 1. The maximum absolute atomic E-state index is 13.1. The molecule has 0 aliphatic heterocycles. The molecule has 0 aromatic heterocycles. The van der Waals surface area contributed by atoms with Gasteiger partial charge in [-0.05, 0) is 101 Å². The summed E-state index contributed by atoms with van der Waals surface area (Å²) in [7, 11) is 1.59. The molecule has 5 nitrogen and oxygen atoms in total. The number of rotatable bonds is 9. The minimum Gasteiger partial charge on any atom is -0.497 e. The van der Waals surface area contributed by atoms with Gasteiger partial charge in [-0.2, -0.15) is 13.2 Å². The number of hydrogen-bond donors (Lipinski definition) is 1. The van der Waals surface area contributed by atoms with Gasteiger partial charge in [0.1, 0.15) is 23.9 Å². The van der Waals surface area contributed by atoms with E-state index < -0.39 is 24.3 Å². The topological polar surface area (TPSA) is 65.0 Å². The number of methoxy groups -OCH3 is 1. The second-order valence-corrected chi connectivity index (χ2v) is 8.62. The van der Waals surface area contributed by atoms with Crippen molar-refractivity contribution in [3.63, 3.8) is 0 Å². The van der Waals surface area contributed by atoms with E-state index in [2.05, 4.69) is 0 Å². The maximum atomic E-state index is 13.1. The molecule has 0 saturated heterocycles. The Balaban J connectivity index is 1.63. The Bertz CT molecular complexity index is 1410. The molecule has 0 aliphatic rings. The molecule has 0 heterocycles. The van der Waals surface area contributed by atoms with Crippen molar-refractivity contribution < 1.29 is 37.3 Å². The number of aryl methyl sites for hydroxylation is 1. The molecule has 8 heteroatoms. The molecule has 0 aliphatic carbocycles. The van der Waals surface area contributed by atoms with E-state index in [0.717, 1.165) is 39.9 Å². The number of halogens is 3. The largest absolute Gasteiger partial charge is 0.497 e. The van der Waals surface area contributed by atoms with Gasteiger partial charge in [0.05, 0.1) is 12.7 Å². The van der Waals surface area contributed by atoms with Crippen LogP contribution in [0.15, 0.2) is 84.9 Å². The SMILES string of the molecule is COc1ccc(-c2cc(COc3ccc(OCC(=O)O)c(C)c3)cc(-c3ccc(C(F)(F)F)cc3)c2)cc1. The van der Waals surface area contributed by atoms with Gasteiger partial charge in [0.2, 0.25) is 0 Å². The molecule has 1 N–H and O–H groups in total. The van der Waals surface area contributed by atoms with Crippen LogP contribution < -0.4 is 14.2 Å². The summed E-state index contributed by atoms with van der Waals surface area (Å²) in [5.74, 6) is 0.662. The van der Waals surface area contributed by atoms with Crippen LogP contribution in [0.3, 0.4) is 0 Å². The summed E-state index contributed by atoms with van der Waals surface area (Å²) >= 11 is 0. The molecular weight excluding hydrogens is 497 g/mol. The van der Waals surface area contributed by atoms with Gasteiger partial charge in [0, 0.05) is 0 Å². The standard InChI is InChI=1S/C30H25F3O5/c1-19-13-27(11-12-28(19)38-18-29(34)35)37-17-20-14-23(21-3-7-25(8-4-21)30(31,32)33)16-24(15-20)22-5-9-26(36-2)10-6-22/h3-16H,17-18H2,1-2H3,(H,34,35). The summed E-state index contributed by atoms with van der Waals surface area (Å²) in [6, 6.07) is 23.4. The molecule has 0 spiro atoms. The maximum Gasteiger partial charge on any atom is 0.416 e. The van der Waals surface area contributed by atoms with Gasteiger partial charge >= 0.3 is 12.1 Å². The lowest BCUT2D eigenvalue weighted by Gasteiger charge is -2.14. The average Bonchev–Trinajstić information content (AvgIpc) is 2.90.